The maximum atomic E-state index is 10.6. The molecule has 4 heteroatoms. The van der Waals surface area contributed by atoms with E-state index in [0.717, 1.165) is 12.0 Å². The number of hydrogen-bond acceptors (Lipinski definition) is 2. The first-order valence-corrected chi connectivity index (χ1v) is 4.30. The van der Waals surface area contributed by atoms with E-state index in [1.165, 1.54) is 10.5 Å². The number of benzene rings is 1. The van der Waals surface area contributed by atoms with E-state index in [0.29, 0.717) is 13.1 Å². The Morgan fingerprint density at radius 3 is 2.57 bits per heavy atom. The molecule has 0 spiro atoms. The molecule has 3 nitrogen and oxygen atoms in total. The Balaban J connectivity index is 0.000000980. The molecule has 0 atom stereocenters. The van der Waals surface area contributed by atoms with Crippen molar-refractivity contribution in [2.45, 2.75) is 13.0 Å². The number of carbonyl (C=O) groups excluding carboxylic acids is 1. The molecule has 0 radical (unpaired) electrons. The second kappa shape index (κ2) is 4.82. The largest absolute Gasteiger partial charge is 1.00 e. The van der Waals surface area contributed by atoms with Gasteiger partial charge in [-0.2, -0.15) is 0 Å². The second-order valence-electron chi connectivity index (χ2n) is 3.21. The van der Waals surface area contributed by atoms with Crippen molar-refractivity contribution in [1.29, 1.82) is 0 Å². The van der Waals surface area contributed by atoms with E-state index >= 15 is 0 Å². The second-order valence-corrected chi connectivity index (χ2v) is 3.21. The molecular weight excluding hydrogens is 189 g/mol. The van der Waals surface area contributed by atoms with Gasteiger partial charge in [0.1, 0.15) is 6.09 Å². The zero-order chi connectivity index (χ0) is 9.26. The van der Waals surface area contributed by atoms with Crippen LogP contribution in [0.1, 0.15) is 11.1 Å². The van der Waals surface area contributed by atoms with Gasteiger partial charge >= 0.3 is 29.6 Å². The third-order valence-electron chi connectivity index (χ3n) is 2.39. The van der Waals surface area contributed by atoms with Crippen molar-refractivity contribution in [1.82, 2.24) is 4.90 Å². The van der Waals surface area contributed by atoms with Crippen molar-refractivity contribution in [3.05, 3.63) is 35.4 Å². The Bertz CT molecular complexity index is 341. The van der Waals surface area contributed by atoms with E-state index < -0.39 is 6.09 Å². The topological polar surface area (TPSA) is 43.4 Å². The molecule has 0 saturated carbocycles. The van der Waals surface area contributed by atoms with E-state index in [9.17, 15) is 9.90 Å². The fourth-order valence-corrected chi connectivity index (χ4v) is 1.65. The van der Waals surface area contributed by atoms with Crippen LogP contribution >= 0.6 is 0 Å². The van der Waals surface area contributed by atoms with Crippen molar-refractivity contribution >= 4 is 6.09 Å². The summed E-state index contributed by atoms with van der Waals surface area (Å²) < 4.78 is 0. The monoisotopic (exact) mass is 199 g/mol. The summed E-state index contributed by atoms with van der Waals surface area (Å²) >= 11 is 0. The van der Waals surface area contributed by atoms with Crippen molar-refractivity contribution in [2.24, 2.45) is 0 Å². The minimum Gasteiger partial charge on any atom is -0.530 e. The molecule has 1 aliphatic rings. The molecule has 1 aromatic rings. The van der Waals surface area contributed by atoms with Crippen LogP contribution in [0.2, 0.25) is 0 Å². The fraction of sp³-hybridized carbons (Fsp3) is 0.300. The molecule has 1 amide bonds. The van der Waals surface area contributed by atoms with Gasteiger partial charge in [0.05, 0.1) is 0 Å². The maximum Gasteiger partial charge on any atom is 1.00 e. The van der Waals surface area contributed by atoms with Gasteiger partial charge in [0.15, 0.2) is 0 Å². The predicted molar refractivity (Wildman–Crippen MR) is 46.0 cm³/mol. The van der Waals surface area contributed by atoms with Gasteiger partial charge in [0.2, 0.25) is 0 Å². The van der Waals surface area contributed by atoms with Gasteiger partial charge < -0.3 is 14.8 Å². The number of amides is 1. The van der Waals surface area contributed by atoms with Crippen molar-refractivity contribution in [3.63, 3.8) is 0 Å². The average Bonchev–Trinajstić information content (AvgIpc) is 2.17. The normalized spacial score (nSPS) is 14.1. The summed E-state index contributed by atoms with van der Waals surface area (Å²) in [6.07, 6.45) is -0.279. The van der Waals surface area contributed by atoms with Gasteiger partial charge in [0, 0.05) is 13.1 Å². The molecule has 1 aromatic carbocycles. The van der Waals surface area contributed by atoms with Crippen molar-refractivity contribution in [3.8, 4) is 0 Å². The molecular formula is C10H10NNaO2. The molecule has 0 saturated heterocycles. The number of carbonyl (C=O) groups is 1. The minimum atomic E-state index is -1.07. The smallest absolute Gasteiger partial charge is 0.530 e. The third-order valence-corrected chi connectivity index (χ3v) is 2.39. The van der Waals surface area contributed by atoms with Gasteiger partial charge in [-0.3, -0.25) is 0 Å². The van der Waals surface area contributed by atoms with Crippen LogP contribution in [0.15, 0.2) is 24.3 Å². The van der Waals surface area contributed by atoms with Crippen LogP contribution in [-0.2, 0) is 13.0 Å². The summed E-state index contributed by atoms with van der Waals surface area (Å²) in [5.41, 5.74) is 2.35. The summed E-state index contributed by atoms with van der Waals surface area (Å²) in [7, 11) is 0. The predicted octanol–water partition coefficient (Wildman–Crippen LogP) is -2.61. The van der Waals surface area contributed by atoms with Gasteiger partial charge in [-0.05, 0) is 17.5 Å². The van der Waals surface area contributed by atoms with Crippen LogP contribution in [0, 0.1) is 0 Å². The third kappa shape index (κ3) is 2.29. The number of hydrogen-bond donors (Lipinski definition) is 0. The first-order valence-electron chi connectivity index (χ1n) is 4.30. The Morgan fingerprint density at radius 2 is 1.93 bits per heavy atom. The van der Waals surface area contributed by atoms with E-state index in [1.807, 2.05) is 24.3 Å². The van der Waals surface area contributed by atoms with Crippen LogP contribution in [0.4, 0.5) is 4.79 Å². The van der Waals surface area contributed by atoms with E-state index in [4.69, 9.17) is 0 Å². The first kappa shape index (κ1) is 11.6. The number of carboxylic acid groups (broad SMARTS) is 1. The first-order chi connectivity index (χ1) is 6.27. The molecule has 1 aliphatic heterocycles. The van der Waals surface area contributed by atoms with Gasteiger partial charge in [-0.15, -0.1) is 0 Å². The number of fused-ring (bicyclic) bond motifs is 1. The SMILES string of the molecule is O=C([O-])N1CCc2ccccc2C1.[Na+]. The molecule has 0 fully saturated rings. The van der Waals surface area contributed by atoms with Crippen LogP contribution < -0.4 is 34.7 Å². The summed E-state index contributed by atoms with van der Waals surface area (Å²) in [5.74, 6) is 0. The molecule has 2 rings (SSSR count). The molecule has 14 heavy (non-hydrogen) atoms. The number of rotatable bonds is 0. The molecule has 1 heterocycles. The van der Waals surface area contributed by atoms with E-state index in [2.05, 4.69) is 0 Å². The van der Waals surface area contributed by atoms with Gasteiger partial charge in [-0.25, -0.2) is 0 Å². The molecule has 0 aromatic heterocycles. The van der Waals surface area contributed by atoms with Crippen LogP contribution in [-0.4, -0.2) is 17.5 Å². The fourth-order valence-electron chi connectivity index (χ4n) is 1.65. The standard InChI is InChI=1S/C10H11NO2.Na/c12-10(13)11-6-5-8-3-1-2-4-9(8)7-11;/h1-4H,5-7H2,(H,12,13);/q;+1/p-1. The quantitative estimate of drug-likeness (QED) is 0.430. The van der Waals surface area contributed by atoms with Crippen LogP contribution in [0.25, 0.3) is 0 Å². The Morgan fingerprint density at radius 1 is 1.29 bits per heavy atom. The van der Waals surface area contributed by atoms with E-state index in [-0.39, 0.29) is 29.6 Å². The van der Waals surface area contributed by atoms with Gasteiger partial charge in [-0.1, -0.05) is 24.3 Å². The van der Waals surface area contributed by atoms with Crippen LogP contribution in [0.3, 0.4) is 0 Å². The van der Waals surface area contributed by atoms with Gasteiger partial charge in [0.25, 0.3) is 0 Å². The molecule has 0 unspecified atom stereocenters. The zero-order valence-corrected chi connectivity index (χ0v) is 10.2. The maximum absolute atomic E-state index is 10.6. The Hall–Kier alpha value is -0.510. The zero-order valence-electron chi connectivity index (χ0n) is 8.19. The summed E-state index contributed by atoms with van der Waals surface area (Å²) in [6.45, 7) is 1.03. The molecule has 0 N–H and O–H groups in total. The minimum absolute atomic E-state index is 0. The van der Waals surface area contributed by atoms with Crippen molar-refractivity contribution in [2.75, 3.05) is 6.54 Å². The Labute approximate surface area is 105 Å². The molecule has 0 aliphatic carbocycles. The summed E-state index contributed by atoms with van der Waals surface area (Å²) in [6, 6.07) is 7.91. The van der Waals surface area contributed by atoms with E-state index in [1.54, 1.807) is 0 Å². The van der Waals surface area contributed by atoms with Crippen LogP contribution in [0.5, 0.6) is 0 Å². The summed E-state index contributed by atoms with van der Waals surface area (Å²) in [4.78, 5) is 11.9. The van der Waals surface area contributed by atoms with Crippen molar-refractivity contribution < 1.29 is 39.5 Å². The summed E-state index contributed by atoms with van der Waals surface area (Å²) in [5, 5.41) is 10.6. The Kier molecular flexibility index (Phi) is 3.98. The molecule has 0 bridgehead atoms. The number of nitrogens with zero attached hydrogens (tertiary/aromatic N) is 1. The molecule has 68 valence electrons. The average molecular weight is 199 g/mol.